The van der Waals surface area contributed by atoms with Crippen molar-refractivity contribution in [2.75, 3.05) is 0 Å². The minimum Gasteiger partial charge on any atom is -0.481 e. The van der Waals surface area contributed by atoms with Crippen molar-refractivity contribution >= 4 is 12.3 Å². The van der Waals surface area contributed by atoms with Gasteiger partial charge in [-0.3, -0.25) is 4.79 Å². The topological polar surface area (TPSA) is 80.4 Å². The number of nitrogens with two attached hydrogens (primary N) is 1. The van der Waals surface area contributed by atoms with Gasteiger partial charge in [-0.05, 0) is 6.42 Å². The first kappa shape index (κ1) is 10.1. The summed E-state index contributed by atoms with van der Waals surface area (Å²) < 4.78 is 0. The van der Waals surface area contributed by atoms with Gasteiger partial charge < -0.3 is 15.6 Å². The molecule has 3 N–H and O–H groups in total. The van der Waals surface area contributed by atoms with Crippen molar-refractivity contribution < 1.29 is 14.7 Å². The Bertz CT molecular complexity index is 147. The summed E-state index contributed by atoms with van der Waals surface area (Å²) in [6, 6.07) is -0.441. The third-order valence-corrected chi connectivity index (χ3v) is 1.47. The van der Waals surface area contributed by atoms with E-state index in [-0.39, 0.29) is 6.42 Å². The molecule has 11 heavy (non-hydrogen) atoms. The molecule has 0 aliphatic rings. The molecule has 0 aromatic heterocycles. The molecule has 0 heterocycles. The van der Waals surface area contributed by atoms with Crippen LogP contribution in [0.3, 0.4) is 0 Å². The fraction of sp³-hybridized carbons (Fsp3) is 0.571. The van der Waals surface area contributed by atoms with Crippen LogP contribution in [0.4, 0.5) is 0 Å². The van der Waals surface area contributed by atoms with Crippen LogP contribution in [0.15, 0.2) is 0 Å². The summed E-state index contributed by atoms with van der Waals surface area (Å²) in [4.78, 5) is 20.4. The number of hydrogen-bond donors (Lipinski definition) is 2. The van der Waals surface area contributed by atoms with Crippen molar-refractivity contribution in [1.29, 1.82) is 0 Å². The summed E-state index contributed by atoms with van der Waals surface area (Å²) in [5, 5.41) is 8.32. The first-order valence-electron chi connectivity index (χ1n) is 3.33. The normalized spacial score (nSPS) is 15.5. The Balaban J connectivity index is 3.94. The molecule has 0 saturated heterocycles. The zero-order valence-electron chi connectivity index (χ0n) is 6.19. The Kier molecular flexibility index (Phi) is 4.45. The van der Waals surface area contributed by atoms with Gasteiger partial charge in [-0.15, -0.1) is 0 Å². The second kappa shape index (κ2) is 4.85. The van der Waals surface area contributed by atoms with Gasteiger partial charge in [0, 0.05) is 12.0 Å². The first-order valence-corrected chi connectivity index (χ1v) is 3.33. The number of aldehydes is 1. The minimum absolute atomic E-state index is 0.208. The lowest BCUT2D eigenvalue weighted by molar-refractivity contribution is -0.139. The molecule has 0 aliphatic carbocycles. The Labute approximate surface area is 65.4 Å². The fourth-order valence-corrected chi connectivity index (χ4v) is 0.716. The molecule has 2 atom stereocenters. The lowest BCUT2D eigenvalue weighted by atomic mass is 9.97. The number of carbonyl (C=O) groups is 2. The van der Waals surface area contributed by atoms with Crippen molar-refractivity contribution in [2.45, 2.75) is 18.9 Å². The van der Waals surface area contributed by atoms with Crippen LogP contribution in [-0.2, 0) is 9.59 Å². The number of carboxylic acid groups (broad SMARTS) is 1. The van der Waals surface area contributed by atoms with Crippen LogP contribution in [0.1, 0.15) is 12.8 Å². The van der Waals surface area contributed by atoms with Crippen LogP contribution in [0.5, 0.6) is 0 Å². The standard InChI is InChI=1S/C7H12NO3/c1-2-6(8)5(4-9)3-7(10)11/h4-6H,1-3,8H2,(H,10,11). The van der Waals surface area contributed by atoms with E-state index in [1.165, 1.54) is 0 Å². The van der Waals surface area contributed by atoms with Crippen LogP contribution in [0, 0.1) is 12.8 Å². The second-order valence-electron chi connectivity index (χ2n) is 2.35. The number of carboxylic acids is 1. The van der Waals surface area contributed by atoms with Gasteiger partial charge in [-0.25, -0.2) is 0 Å². The van der Waals surface area contributed by atoms with E-state index < -0.39 is 17.9 Å². The second-order valence-corrected chi connectivity index (χ2v) is 2.35. The van der Waals surface area contributed by atoms with E-state index in [9.17, 15) is 9.59 Å². The van der Waals surface area contributed by atoms with Gasteiger partial charge in [0.05, 0.1) is 6.42 Å². The van der Waals surface area contributed by atoms with Gasteiger partial charge in [0.1, 0.15) is 6.29 Å². The Morgan fingerprint density at radius 2 is 2.27 bits per heavy atom. The van der Waals surface area contributed by atoms with Crippen molar-refractivity contribution in [3.05, 3.63) is 6.92 Å². The molecule has 0 bridgehead atoms. The molecule has 0 aromatic rings. The van der Waals surface area contributed by atoms with Crippen LogP contribution in [0.2, 0.25) is 0 Å². The molecule has 0 saturated carbocycles. The number of rotatable bonds is 5. The van der Waals surface area contributed by atoms with Gasteiger partial charge in [0.2, 0.25) is 0 Å². The quantitative estimate of drug-likeness (QED) is 0.544. The van der Waals surface area contributed by atoms with Gasteiger partial charge in [-0.1, -0.05) is 6.92 Å². The zero-order valence-corrected chi connectivity index (χ0v) is 6.19. The van der Waals surface area contributed by atoms with E-state index in [2.05, 4.69) is 6.92 Å². The van der Waals surface area contributed by atoms with E-state index in [0.717, 1.165) is 0 Å². The summed E-state index contributed by atoms with van der Waals surface area (Å²) in [5.41, 5.74) is 5.42. The highest BCUT2D eigenvalue weighted by molar-refractivity contribution is 5.72. The largest absolute Gasteiger partial charge is 0.481 e. The number of aliphatic carboxylic acids is 1. The Morgan fingerprint density at radius 1 is 1.73 bits per heavy atom. The molecule has 0 fully saturated rings. The molecule has 2 unspecified atom stereocenters. The molecule has 0 amide bonds. The molecule has 0 spiro atoms. The van der Waals surface area contributed by atoms with Crippen molar-refractivity contribution in [3.63, 3.8) is 0 Å². The van der Waals surface area contributed by atoms with Crippen molar-refractivity contribution in [1.82, 2.24) is 0 Å². The van der Waals surface area contributed by atoms with E-state index in [1.807, 2.05) is 0 Å². The van der Waals surface area contributed by atoms with Crippen LogP contribution in [-0.4, -0.2) is 23.4 Å². The third kappa shape index (κ3) is 3.72. The molecule has 4 heteroatoms. The maximum absolute atomic E-state index is 10.3. The first-order chi connectivity index (χ1) is 5.11. The van der Waals surface area contributed by atoms with Gasteiger partial charge >= 0.3 is 5.97 Å². The van der Waals surface area contributed by atoms with Crippen molar-refractivity contribution in [2.24, 2.45) is 11.7 Å². The Hall–Kier alpha value is -0.900. The molecular weight excluding hydrogens is 146 g/mol. The minimum atomic E-state index is -1.01. The third-order valence-electron chi connectivity index (χ3n) is 1.47. The Morgan fingerprint density at radius 3 is 2.55 bits per heavy atom. The van der Waals surface area contributed by atoms with E-state index in [1.54, 1.807) is 0 Å². The van der Waals surface area contributed by atoms with Crippen molar-refractivity contribution in [3.8, 4) is 0 Å². The molecule has 0 aliphatic heterocycles. The zero-order chi connectivity index (χ0) is 8.85. The lowest BCUT2D eigenvalue weighted by Gasteiger charge is -2.13. The number of carbonyl (C=O) groups excluding carboxylic acids is 1. The fourth-order valence-electron chi connectivity index (χ4n) is 0.716. The summed E-state index contributed by atoms with van der Waals surface area (Å²) in [5.74, 6) is -1.61. The average Bonchev–Trinajstić information content (AvgIpc) is 1.98. The smallest absolute Gasteiger partial charge is 0.304 e. The molecule has 1 radical (unpaired) electrons. The maximum Gasteiger partial charge on any atom is 0.304 e. The maximum atomic E-state index is 10.3. The summed E-state index contributed by atoms with van der Waals surface area (Å²) in [6.07, 6.45) is 0.737. The van der Waals surface area contributed by atoms with Crippen LogP contribution < -0.4 is 5.73 Å². The summed E-state index contributed by atoms with van der Waals surface area (Å²) in [6.45, 7) is 3.48. The molecule has 63 valence electrons. The van der Waals surface area contributed by atoms with Crippen LogP contribution in [0.25, 0.3) is 0 Å². The highest BCUT2D eigenvalue weighted by Gasteiger charge is 2.18. The molecule has 0 rings (SSSR count). The summed E-state index contributed by atoms with van der Waals surface area (Å²) >= 11 is 0. The van der Waals surface area contributed by atoms with E-state index in [4.69, 9.17) is 10.8 Å². The molecule has 4 nitrogen and oxygen atoms in total. The van der Waals surface area contributed by atoms with E-state index in [0.29, 0.717) is 12.7 Å². The average molecular weight is 158 g/mol. The summed E-state index contributed by atoms with van der Waals surface area (Å²) in [7, 11) is 0. The highest BCUT2D eigenvalue weighted by atomic mass is 16.4. The van der Waals surface area contributed by atoms with Gasteiger partial charge in [0.25, 0.3) is 0 Å². The SMILES string of the molecule is [CH2]CC(N)C(C=O)CC(=O)O. The molecule has 0 aromatic carbocycles. The predicted octanol–water partition coefficient (Wildman–Crippen LogP) is -0.172. The van der Waals surface area contributed by atoms with E-state index >= 15 is 0 Å². The predicted molar refractivity (Wildman–Crippen MR) is 39.8 cm³/mol. The van der Waals surface area contributed by atoms with Crippen LogP contribution >= 0.6 is 0 Å². The lowest BCUT2D eigenvalue weighted by Crippen LogP contribution is -2.32. The number of hydrogen-bond acceptors (Lipinski definition) is 3. The van der Waals surface area contributed by atoms with Gasteiger partial charge in [-0.2, -0.15) is 0 Å². The van der Waals surface area contributed by atoms with Gasteiger partial charge in [0.15, 0.2) is 0 Å². The molecular formula is C7H12NO3. The highest BCUT2D eigenvalue weighted by Crippen LogP contribution is 2.06. The monoisotopic (exact) mass is 158 g/mol.